The molecular formula is C33H55N7OPS+. The van der Waals surface area contributed by atoms with E-state index in [1.807, 2.05) is 49.2 Å². The van der Waals surface area contributed by atoms with Crippen molar-refractivity contribution >= 4 is 30.2 Å². The fourth-order valence-corrected chi connectivity index (χ4v) is 6.87. The molecule has 238 valence electrons. The summed E-state index contributed by atoms with van der Waals surface area (Å²) in [6.45, 7) is 20.9. The maximum absolute atomic E-state index is 6.19. The molecule has 0 heterocycles. The number of hydrogen-bond donors (Lipinski definition) is 3. The van der Waals surface area contributed by atoms with E-state index in [1.54, 1.807) is 4.90 Å². The number of hydrogen-bond acceptors (Lipinski definition) is 5. The molecular weight excluding hydrogens is 573 g/mol. The van der Waals surface area contributed by atoms with Crippen molar-refractivity contribution in [3.05, 3.63) is 59.7 Å². The monoisotopic (exact) mass is 628 g/mol. The van der Waals surface area contributed by atoms with Crippen molar-refractivity contribution in [2.24, 2.45) is 5.10 Å². The van der Waals surface area contributed by atoms with Gasteiger partial charge in [0, 0.05) is 37.9 Å². The minimum Gasteiger partial charge on any atom is -0.492 e. The second-order valence-electron chi connectivity index (χ2n) is 10.3. The first kappa shape index (κ1) is 36.8. The van der Waals surface area contributed by atoms with Crippen molar-refractivity contribution in [1.29, 1.82) is 0 Å². The third-order valence-electron chi connectivity index (χ3n) is 7.63. The van der Waals surface area contributed by atoms with Crippen molar-refractivity contribution in [2.75, 3.05) is 84.0 Å². The molecule has 1 atom stereocenters. The Morgan fingerprint density at radius 3 is 2.14 bits per heavy atom. The van der Waals surface area contributed by atoms with Crippen LogP contribution >= 0.6 is 6.49 Å². The second kappa shape index (κ2) is 20.5. The average molecular weight is 629 g/mol. The Hall–Kier alpha value is -2.44. The van der Waals surface area contributed by atoms with Gasteiger partial charge < -0.3 is 19.4 Å². The highest BCUT2D eigenvalue weighted by Gasteiger charge is 2.21. The van der Waals surface area contributed by atoms with Crippen LogP contribution in [0.15, 0.2) is 53.6 Å². The normalized spacial score (nSPS) is 12.8. The second-order valence-corrected chi connectivity index (χ2v) is 14.2. The first-order valence-electron chi connectivity index (χ1n) is 15.8. The molecule has 0 aliphatic rings. The predicted molar refractivity (Wildman–Crippen MR) is 189 cm³/mol. The fraction of sp³-hybridized carbons (Fsp3) is 0.545. The summed E-state index contributed by atoms with van der Waals surface area (Å²) < 4.78 is 7.99. The van der Waals surface area contributed by atoms with Gasteiger partial charge >= 0.3 is 0 Å². The Labute approximate surface area is 267 Å². The predicted octanol–water partition coefficient (Wildman–Crippen LogP) is 3.90. The van der Waals surface area contributed by atoms with Crippen LogP contribution in [-0.2, 0) is 11.8 Å². The molecule has 0 saturated heterocycles. The molecule has 10 heteroatoms. The third kappa shape index (κ3) is 13.0. The van der Waals surface area contributed by atoms with Crippen molar-refractivity contribution in [2.45, 2.75) is 41.5 Å². The molecule has 0 spiro atoms. The number of quaternary nitrogens is 1. The van der Waals surface area contributed by atoms with Gasteiger partial charge in [0.05, 0.1) is 38.9 Å². The van der Waals surface area contributed by atoms with Crippen LogP contribution in [0.5, 0.6) is 5.75 Å². The lowest BCUT2D eigenvalue weighted by molar-refractivity contribution is -0.895. The highest BCUT2D eigenvalue weighted by molar-refractivity contribution is 8.11. The summed E-state index contributed by atoms with van der Waals surface area (Å²) in [6, 6.07) is 16.4. The molecule has 0 fully saturated rings. The molecule has 0 aliphatic heterocycles. The topological polar surface area (TPSA) is 59.8 Å². The lowest BCUT2D eigenvalue weighted by Gasteiger charge is -2.32. The number of benzene rings is 2. The molecule has 0 aliphatic carbocycles. The molecule has 0 radical (unpaired) electrons. The zero-order valence-electron chi connectivity index (χ0n) is 27.5. The van der Waals surface area contributed by atoms with Crippen LogP contribution < -0.4 is 24.7 Å². The summed E-state index contributed by atoms with van der Waals surface area (Å²) in [6.07, 6.45) is 1.87. The zero-order chi connectivity index (χ0) is 31.5. The van der Waals surface area contributed by atoms with E-state index < -0.39 is 6.49 Å². The van der Waals surface area contributed by atoms with E-state index in [4.69, 9.17) is 21.6 Å². The van der Waals surface area contributed by atoms with E-state index in [-0.39, 0.29) is 0 Å². The van der Waals surface area contributed by atoms with Crippen molar-refractivity contribution < 1.29 is 9.64 Å². The Morgan fingerprint density at radius 2 is 1.56 bits per heavy atom. The quantitative estimate of drug-likeness (QED) is 0.0840. The van der Waals surface area contributed by atoms with Crippen LogP contribution in [0.2, 0.25) is 0 Å². The van der Waals surface area contributed by atoms with Gasteiger partial charge in [0.1, 0.15) is 12.4 Å². The van der Waals surface area contributed by atoms with E-state index in [0.717, 1.165) is 82.3 Å². The van der Waals surface area contributed by atoms with Crippen LogP contribution in [0.1, 0.15) is 52.7 Å². The third-order valence-corrected chi connectivity index (χ3v) is 11.3. The van der Waals surface area contributed by atoms with Gasteiger partial charge in [-0.2, -0.15) is 5.10 Å². The van der Waals surface area contributed by atoms with Crippen molar-refractivity contribution in [3.63, 3.8) is 0 Å². The number of hydrazone groups is 1. The van der Waals surface area contributed by atoms with Gasteiger partial charge in [0.15, 0.2) is 6.49 Å². The van der Waals surface area contributed by atoms with Crippen LogP contribution in [0.25, 0.3) is 0 Å². The van der Waals surface area contributed by atoms with Gasteiger partial charge in [-0.15, -0.1) is 5.92 Å². The van der Waals surface area contributed by atoms with Gasteiger partial charge in [0.25, 0.3) is 0 Å². The van der Waals surface area contributed by atoms with E-state index >= 15 is 0 Å². The highest BCUT2D eigenvalue weighted by atomic mass is 32.4. The molecule has 0 saturated carbocycles. The summed E-state index contributed by atoms with van der Waals surface area (Å²) in [5.41, 5.74) is 3.21. The Kier molecular flexibility index (Phi) is 17.5. The maximum Gasteiger partial charge on any atom is 0.179 e. The zero-order valence-corrected chi connectivity index (χ0v) is 29.2. The fourth-order valence-electron chi connectivity index (χ4n) is 4.66. The minimum absolute atomic E-state index is 0.601. The van der Waals surface area contributed by atoms with E-state index in [2.05, 4.69) is 90.7 Å². The number of nitrogens with one attached hydrogen (secondary N) is 3. The van der Waals surface area contributed by atoms with Crippen LogP contribution in [0.3, 0.4) is 0 Å². The lowest BCUT2D eigenvalue weighted by Crippen LogP contribution is -3.12. The van der Waals surface area contributed by atoms with Crippen LogP contribution in [-0.4, -0.2) is 95.0 Å². The van der Waals surface area contributed by atoms with Gasteiger partial charge in [0.2, 0.25) is 0 Å². The molecule has 43 heavy (non-hydrogen) atoms. The van der Waals surface area contributed by atoms with E-state index in [9.17, 15) is 0 Å². The van der Waals surface area contributed by atoms with E-state index in [1.165, 1.54) is 5.69 Å². The molecule has 3 N–H and O–H groups in total. The molecule has 8 nitrogen and oxygen atoms in total. The Morgan fingerprint density at radius 1 is 0.907 bits per heavy atom. The first-order valence-corrected chi connectivity index (χ1v) is 18.5. The largest absolute Gasteiger partial charge is 0.492 e. The summed E-state index contributed by atoms with van der Waals surface area (Å²) >= 11 is 6.19. The molecule has 1 unspecified atom stereocenters. The average Bonchev–Trinajstić information content (AvgIpc) is 3.03. The smallest absolute Gasteiger partial charge is 0.179 e. The van der Waals surface area contributed by atoms with Crippen LogP contribution in [0, 0.1) is 11.8 Å². The number of likely N-dealkylation sites (N-methyl/N-ethyl adjacent to an activating group) is 3. The molecule has 0 bridgehead atoms. The molecule has 0 amide bonds. The van der Waals surface area contributed by atoms with Crippen molar-refractivity contribution in [3.8, 4) is 17.6 Å². The molecule has 0 aromatic heterocycles. The summed E-state index contributed by atoms with van der Waals surface area (Å²) in [5, 5.41) is 12.1. The standard InChI is InChI=1S/C33H54N7OPS/c1-8-14-30-15-19-32(20-16-30)40(13-6)27-28-41-33-21-17-31(18-22-33)29-34-37(7)42(43,35-23-25-38(9-2)10-3)36-24-26-39(11-4)12-5/h15-22,29H,9-13,23-28H2,1-7H3,(H2,35,36,43)/p+1/b34-29+. The van der Waals surface area contributed by atoms with E-state index in [0.29, 0.717) is 6.61 Å². The number of rotatable bonds is 21. The summed E-state index contributed by atoms with van der Waals surface area (Å²) in [7, 11) is 1.97. The summed E-state index contributed by atoms with van der Waals surface area (Å²) in [4.78, 5) is 6.27. The molecule has 2 aromatic carbocycles. The molecule has 2 rings (SSSR count). The number of nitrogens with zero attached hydrogens (tertiary/aromatic N) is 4. The summed E-state index contributed by atoms with van der Waals surface area (Å²) in [5.74, 6) is 6.89. The minimum atomic E-state index is -2.28. The van der Waals surface area contributed by atoms with Gasteiger partial charge in [-0.25, -0.2) is 4.78 Å². The lowest BCUT2D eigenvalue weighted by atomic mass is 10.2. The molecule has 2 aromatic rings. The first-order chi connectivity index (χ1) is 20.8. The maximum atomic E-state index is 6.19. The van der Waals surface area contributed by atoms with Crippen LogP contribution in [0.4, 0.5) is 5.69 Å². The Balaban J connectivity index is 1.96. The number of ether oxygens (including phenoxy) is 1. The Bertz CT molecular complexity index is 1150. The number of anilines is 1. The highest BCUT2D eigenvalue weighted by Crippen LogP contribution is 2.39. The SMILES string of the molecule is CC#Cc1ccc(N(CC)CCOc2ccc(/C=N/N(C)P(=S)(NCCN(CC)CC)NCC[NH+](CC)CC)cc2)cc1. The van der Waals surface area contributed by atoms with Gasteiger partial charge in [-0.3, -0.25) is 10.2 Å². The van der Waals surface area contributed by atoms with Crippen molar-refractivity contribution in [1.82, 2.24) is 19.9 Å². The van der Waals surface area contributed by atoms with Gasteiger partial charge in [-0.1, -0.05) is 19.8 Å². The van der Waals surface area contributed by atoms with Gasteiger partial charge in [-0.05, 0) is 107 Å².